The maximum Gasteiger partial charge on any atom is 0.187 e. The highest BCUT2D eigenvalue weighted by atomic mass is 35.5. The Labute approximate surface area is 120 Å². The van der Waals surface area contributed by atoms with E-state index in [1.807, 2.05) is 7.05 Å². The smallest absolute Gasteiger partial charge is 0.187 e. The summed E-state index contributed by atoms with van der Waals surface area (Å²) in [7, 11) is 2.01. The van der Waals surface area contributed by atoms with Gasteiger partial charge in [-0.3, -0.25) is 0 Å². The molecular weight excluding hydrogens is 288 g/mol. The third kappa shape index (κ3) is 3.03. The first-order valence-corrected chi connectivity index (χ1v) is 7.70. The van der Waals surface area contributed by atoms with Gasteiger partial charge in [0.15, 0.2) is 5.13 Å². The Morgan fingerprint density at radius 3 is 2.89 bits per heavy atom. The Morgan fingerprint density at radius 2 is 2.33 bits per heavy atom. The zero-order valence-electron chi connectivity index (χ0n) is 10.3. The summed E-state index contributed by atoms with van der Waals surface area (Å²) in [5.41, 5.74) is 0. The summed E-state index contributed by atoms with van der Waals surface area (Å²) >= 11 is 9.16. The van der Waals surface area contributed by atoms with Gasteiger partial charge in [0, 0.05) is 24.4 Å². The lowest BCUT2D eigenvalue weighted by atomic mass is 10.2. The second-order valence-corrected chi connectivity index (χ2v) is 6.56. The number of likely N-dealkylation sites (N-methyl/N-ethyl adjacent to an activating group) is 1. The molecule has 0 saturated carbocycles. The van der Waals surface area contributed by atoms with Gasteiger partial charge < -0.3 is 10.0 Å². The summed E-state index contributed by atoms with van der Waals surface area (Å²) in [6.07, 6.45) is 0.986. The number of aliphatic hydroxyl groups is 1. The van der Waals surface area contributed by atoms with Crippen LogP contribution in [0.3, 0.4) is 0 Å². The van der Waals surface area contributed by atoms with Gasteiger partial charge in [-0.1, -0.05) is 29.0 Å². The lowest BCUT2D eigenvalue weighted by molar-refractivity contribution is 0.285. The fraction of sp³-hybridized carbons (Fsp3) is 0.417. The van der Waals surface area contributed by atoms with E-state index in [2.05, 4.69) is 34.3 Å². The van der Waals surface area contributed by atoms with Crippen molar-refractivity contribution in [1.29, 1.82) is 0 Å². The Bertz CT molecular complexity index is 498. The van der Waals surface area contributed by atoms with Crippen molar-refractivity contribution in [2.75, 3.05) is 11.9 Å². The third-order valence-corrected chi connectivity index (χ3v) is 5.28. The molecule has 6 heteroatoms. The highest BCUT2D eigenvalue weighted by molar-refractivity contribution is 7.16. The molecule has 0 amide bonds. The molecule has 0 fully saturated rings. The van der Waals surface area contributed by atoms with Gasteiger partial charge in [-0.15, -0.1) is 11.3 Å². The molecule has 0 aliphatic heterocycles. The van der Waals surface area contributed by atoms with Crippen LogP contribution in [0.4, 0.5) is 5.13 Å². The number of halogens is 1. The summed E-state index contributed by atoms with van der Waals surface area (Å²) < 4.78 is 0. The summed E-state index contributed by atoms with van der Waals surface area (Å²) in [5.74, 6) is 0. The van der Waals surface area contributed by atoms with Crippen molar-refractivity contribution in [3.05, 3.63) is 32.4 Å². The van der Waals surface area contributed by atoms with Crippen molar-refractivity contribution in [2.24, 2.45) is 0 Å². The van der Waals surface area contributed by atoms with E-state index >= 15 is 0 Å². The van der Waals surface area contributed by atoms with Crippen molar-refractivity contribution < 1.29 is 5.11 Å². The van der Waals surface area contributed by atoms with E-state index < -0.39 is 0 Å². The van der Waals surface area contributed by atoms with Gasteiger partial charge in [-0.25, -0.2) is 4.98 Å². The van der Waals surface area contributed by atoms with Gasteiger partial charge in [0.25, 0.3) is 0 Å². The molecule has 98 valence electrons. The molecule has 0 aliphatic carbocycles. The third-order valence-electron chi connectivity index (χ3n) is 2.82. The number of hydrogen-bond acceptors (Lipinski definition) is 5. The molecule has 2 rings (SSSR count). The lowest BCUT2D eigenvalue weighted by Gasteiger charge is -2.23. The molecule has 2 aromatic heterocycles. The number of anilines is 1. The van der Waals surface area contributed by atoms with Crippen LogP contribution in [0, 0.1) is 0 Å². The van der Waals surface area contributed by atoms with E-state index in [-0.39, 0.29) is 6.61 Å². The van der Waals surface area contributed by atoms with Gasteiger partial charge in [-0.2, -0.15) is 0 Å². The Morgan fingerprint density at radius 1 is 1.56 bits per heavy atom. The molecule has 0 aliphatic rings. The predicted molar refractivity (Wildman–Crippen MR) is 78.9 cm³/mol. The maximum absolute atomic E-state index is 9.13. The van der Waals surface area contributed by atoms with E-state index in [4.69, 9.17) is 16.7 Å². The Balaban J connectivity index is 2.07. The number of aromatic nitrogens is 1. The van der Waals surface area contributed by atoms with Crippen LogP contribution in [-0.4, -0.2) is 23.2 Å². The van der Waals surface area contributed by atoms with Gasteiger partial charge in [0.2, 0.25) is 0 Å². The zero-order valence-corrected chi connectivity index (χ0v) is 12.6. The number of nitrogens with zero attached hydrogens (tertiary/aromatic N) is 2. The number of aliphatic hydroxyl groups excluding tert-OH is 1. The average molecular weight is 303 g/mol. The summed E-state index contributed by atoms with van der Waals surface area (Å²) in [6.45, 7) is 2.11. The molecule has 0 radical (unpaired) electrons. The van der Waals surface area contributed by atoms with Gasteiger partial charge in [0.05, 0.1) is 11.5 Å². The molecule has 1 atom stereocenters. The van der Waals surface area contributed by atoms with E-state index in [0.717, 1.165) is 16.4 Å². The summed E-state index contributed by atoms with van der Waals surface area (Å²) in [5, 5.41) is 12.5. The quantitative estimate of drug-likeness (QED) is 0.919. The highest BCUT2D eigenvalue weighted by Crippen LogP contribution is 2.30. The van der Waals surface area contributed by atoms with Crippen molar-refractivity contribution in [1.82, 2.24) is 4.98 Å². The molecule has 0 bridgehead atoms. The second kappa shape index (κ2) is 6.02. The van der Waals surface area contributed by atoms with Crippen LogP contribution in [0.5, 0.6) is 0 Å². The minimum atomic E-state index is -0.0519. The monoisotopic (exact) mass is 302 g/mol. The average Bonchev–Trinajstić information content (AvgIpc) is 2.97. The first-order chi connectivity index (χ1) is 8.61. The van der Waals surface area contributed by atoms with E-state index in [9.17, 15) is 0 Å². The van der Waals surface area contributed by atoms with Crippen LogP contribution in [-0.2, 0) is 13.0 Å². The van der Waals surface area contributed by atoms with E-state index in [1.54, 1.807) is 11.3 Å². The highest BCUT2D eigenvalue weighted by Gasteiger charge is 2.17. The number of rotatable bonds is 5. The molecule has 0 aromatic carbocycles. The van der Waals surface area contributed by atoms with Crippen molar-refractivity contribution in [3.8, 4) is 0 Å². The fourth-order valence-corrected chi connectivity index (χ4v) is 3.62. The molecule has 1 unspecified atom stereocenters. The minimum Gasteiger partial charge on any atom is -0.391 e. The van der Waals surface area contributed by atoms with Crippen LogP contribution < -0.4 is 4.90 Å². The predicted octanol–water partition coefficient (Wildman–Crippen LogP) is 3.42. The number of thiazole rings is 1. The van der Waals surface area contributed by atoms with E-state index in [0.29, 0.717) is 11.2 Å². The molecule has 1 N–H and O–H groups in total. The van der Waals surface area contributed by atoms with Crippen LogP contribution >= 0.6 is 34.3 Å². The van der Waals surface area contributed by atoms with Gasteiger partial charge in [-0.05, 0) is 18.4 Å². The molecule has 2 heterocycles. The van der Waals surface area contributed by atoms with E-state index in [1.165, 1.54) is 16.2 Å². The topological polar surface area (TPSA) is 36.4 Å². The van der Waals surface area contributed by atoms with Crippen LogP contribution in [0.25, 0.3) is 0 Å². The molecular formula is C12H15ClN2OS2. The molecule has 0 spiro atoms. The fourth-order valence-electron chi connectivity index (χ4n) is 1.62. The molecule has 3 nitrogen and oxygen atoms in total. The molecule has 2 aromatic rings. The van der Waals surface area contributed by atoms with Gasteiger partial charge in [0.1, 0.15) is 5.15 Å². The van der Waals surface area contributed by atoms with Gasteiger partial charge >= 0.3 is 0 Å². The van der Waals surface area contributed by atoms with Crippen LogP contribution in [0.15, 0.2) is 17.5 Å². The van der Waals surface area contributed by atoms with Crippen molar-refractivity contribution in [2.45, 2.75) is 26.0 Å². The second-order valence-electron chi connectivity index (χ2n) is 4.11. The largest absolute Gasteiger partial charge is 0.391 e. The summed E-state index contributed by atoms with van der Waals surface area (Å²) in [6, 6.07) is 4.55. The first-order valence-electron chi connectivity index (χ1n) is 5.63. The Hall–Kier alpha value is -0.620. The lowest BCUT2D eigenvalue weighted by Crippen LogP contribution is -2.30. The first kappa shape index (κ1) is 13.8. The molecule has 0 saturated heterocycles. The number of hydrogen-bond donors (Lipinski definition) is 1. The van der Waals surface area contributed by atoms with Crippen LogP contribution in [0.2, 0.25) is 5.15 Å². The minimum absolute atomic E-state index is 0.0519. The number of thiophene rings is 1. The molecule has 18 heavy (non-hydrogen) atoms. The Kier molecular flexibility index (Phi) is 4.61. The maximum atomic E-state index is 9.13. The van der Waals surface area contributed by atoms with Crippen molar-refractivity contribution >= 4 is 39.4 Å². The van der Waals surface area contributed by atoms with Crippen LogP contribution in [0.1, 0.15) is 16.7 Å². The standard InChI is InChI=1S/C12H15ClN2OS2/c1-8(6-9-4-3-5-17-9)15(2)12-14-11(13)10(7-16)18-12/h3-5,8,16H,6-7H2,1-2H3. The summed E-state index contributed by atoms with van der Waals surface area (Å²) in [4.78, 5) is 8.48. The zero-order chi connectivity index (χ0) is 13.1. The normalized spacial score (nSPS) is 12.7. The SMILES string of the molecule is CC(Cc1cccs1)N(C)c1nc(Cl)c(CO)s1. The van der Waals surface area contributed by atoms with Crippen molar-refractivity contribution in [3.63, 3.8) is 0 Å².